The minimum absolute atomic E-state index is 0.415. The molecule has 1 aliphatic heterocycles. The van der Waals surface area contributed by atoms with Crippen molar-refractivity contribution in [1.82, 2.24) is 10.2 Å². The van der Waals surface area contributed by atoms with Gasteiger partial charge in [-0.25, -0.2) is 0 Å². The third-order valence-electron chi connectivity index (χ3n) is 3.14. The van der Waals surface area contributed by atoms with Crippen LogP contribution in [0.15, 0.2) is 0 Å². The number of hydrogen-bond donors (Lipinski definition) is 2. The van der Waals surface area contributed by atoms with Crippen molar-refractivity contribution >= 4 is 5.97 Å². The van der Waals surface area contributed by atoms with Gasteiger partial charge in [0.15, 0.2) is 0 Å². The topological polar surface area (TPSA) is 52.6 Å². The number of rotatable bonds is 6. The third-order valence-corrected chi connectivity index (χ3v) is 3.14. The molecule has 1 fully saturated rings. The van der Waals surface area contributed by atoms with Crippen molar-refractivity contribution < 1.29 is 9.90 Å². The summed E-state index contributed by atoms with van der Waals surface area (Å²) in [5, 5.41) is 12.0. The van der Waals surface area contributed by atoms with Crippen molar-refractivity contribution in [2.45, 2.75) is 45.2 Å². The number of nitrogens with zero attached hydrogens (tertiary/aromatic N) is 1. The van der Waals surface area contributed by atoms with Gasteiger partial charge in [-0.3, -0.25) is 9.69 Å². The molecule has 0 amide bonds. The summed E-state index contributed by atoms with van der Waals surface area (Å²) in [7, 11) is 0. The zero-order chi connectivity index (χ0) is 11.3. The zero-order valence-electron chi connectivity index (χ0n) is 9.70. The van der Waals surface area contributed by atoms with E-state index in [0.29, 0.717) is 19.1 Å². The van der Waals surface area contributed by atoms with Crippen LogP contribution in [0.5, 0.6) is 0 Å². The normalized spacial score (nSPS) is 24.3. The lowest BCUT2D eigenvalue weighted by Crippen LogP contribution is -2.47. The van der Waals surface area contributed by atoms with Gasteiger partial charge in [-0.05, 0) is 32.4 Å². The van der Waals surface area contributed by atoms with E-state index in [2.05, 4.69) is 17.1 Å². The molecule has 4 heteroatoms. The molecule has 0 aliphatic carbocycles. The van der Waals surface area contributed by atoms with E-state index in [1.807, 2.05) is 6.92 Å². The Labute approximate surface area is 91.6 Å². The fraction of sp³-hybridized carbons (Fsp3) is 0.909. The predicted molar refractivity (Wildman–Crippen MR) is 60.0 cm³/mol. The Kier molecular flexibility index (Phi) is 5.05. The van der Waals surface area contributed by atoms with Crippen molar-refractivity contribution in [2.24, 2.45) is 0 Å². The first kappa shape index (κ1) is 12.5. The number of carboxylic acids is 1. The van der Waals surface area contributed by atoms with E-state index in [4.69, 9.17) is 5.11 Å². The van der Waals surface area contributed by atoms with Crippen LogP contribution in [0.4, 0.5) is 0 Å². The molecule has 0 aromatic heterocycles. The van der Waals surface area contributed by atoms with E-state index >= 15 is 0 Å². The Balaban J connectivity index is 2.46. The number of carbonyl (C=O) groups is 1. The van der Waals surface area contributed by atoms with E-state index in [9.17, 15) is 4.79 Å². The Hall–Kier alpha value is -0.610. The van der Waals surface area contributed by atoms with Gasteiger partial charge in [-0.1, -0.05) is 13.8 Å². The molecule has 15 heavy (non-hydrogen) atoms. The van der Waals surface area contributed by atoms with Gasteiger partial charge in [0.2, 0.25) is 0 Å². The first-order chi connectivity index (χ1) is 7.19. The standard InChI is InChI=1S/C11H22N2O2/c1-3-9-6-5-7-13(9)8-10(11(14)15)12-4-2/h9-10,12H,3-8H2,1-2H3,(H,14,15). The molecule has 2 atom stereocenters. The van der Waals surface area contributed by atoms with Gasteiger partial charge in [-0.2, -0.15) is 0 Å². The molecule has 88 valence electrons. The molecule has 0 saturated carbocycles. The van der Waals surface area contributed by atoms with Gasteiger partial charge >= 0.3 is 5.97 Å². The van der Waals surface area contributed by atoms with Crippen LogP contribution in [0.3, 0.4) is 0 Å². The Morgan fingerprint density at radius 1 is 1.60 bits per heavy atom. The van der Waals surface area contributed by atoms with Crippen molar-refractivity contribution in [3.05, 3.63) is 0 Å². The molecule has 1 saturated heterocycles. The first-order valence-electron chi connectivity index (χ1n) is 5.89. The second-order valence-corrected chi connectivity index (χ2v) is 4.15. The number of nitrogens with one attached hydrogen (secondary N) is 1. The second-order valence-electron chi connectivity index (χ2n) is 4.15. The number of hydrogen-bond acceptors (Lipinski definition) is 3. The lowest BCUT2D eigenvalue weighted by atomic mass is 10.1. The van der Waals surface area contributed by atoms with Crippen molar-refractivity contribution in [3.8, 4) is 0 Å². The number of likely N-dealkylation sites (tertiary alicyclic amines) is 1. The highest BCUT2D eigenvalue weighted by Gasteiger charge is 2.27. The highest BCUT2D eigenvalue weighted by molar-refractivity contribution is 5.73. The predicted octanol–water partition coefficient (Wildman–Crippen LogP) is 0.923. The van der Waals surface area contributed by atoms with Crippen LogP contribution in [0, 0.1) is 0 Å². The monoisotopic (exact) mass is 214 g/mol. The lowest BCUT2D eigenvalue weighted by Gasteiger charge is -2.26. The fourth-order valence-electron chi connectivity index (χ4n) is 2.31. The summed E-state index contributed by atoms with van der Waals surface area (Å²) in [4.78, 5) is 13.3. The van der Waals surface area contributed by atoms with Gasteiger partial charge in [0.05, 0.1) is 0 Å². The maximum atomic E-state index is 11.0. The van der Waals surface area contributed by atoms with Crippen molar-refractivity contribution in [3.63, 3.8) is 0 Å². The SMILES string of the molecule is CCNC(CN1CCCC1CC)C(=O)O. The van der Waals surface area contributed by atoms with Gasteiger partial charge in [-0.15, -0.1) is 0 Å². The molecule has 0 radical (unpaired) electrons. The molecule has 0 aromatic carbocycles. The molecule has 2 unspecified atom stereocenters. The Morgan fingerprint density at radius 2 is 2.33 bits per heavy atom. The third kappa shape index (κ3) is 3.47. The van der Waals surface area contributed by atoms with Gasteiger partial charge in [0.25, 0.3) is 0 Å². The molecule has 4 nitrogen and oxygen atoms in total. The van der Waals surface area contributed by atoms with Crippen LogP contribution in [-0.2, 0) is 4.79 Å². The average Bonchev–Trinajstić information content (AvgIpc) is 2.64. The molecule has 1 rings (SSSR count). The number of carboxylic acid groups (broad SMARTS) is 1. The highest BCUT2D eigenvalue weighted by Crippen LogP contribution is 2.19. The van der Waals surface area contributed by atoms with Crippen molar-refractivity contribution in [2.75, 3.05) is 19.6 Å². The molecule has 2 N–H and O–H groups in total. The smallest absolute Gasteiger partial charge is 0.322 e. The second kappa shape index (κ2) is 6.08. The maximum Gasteiger partial charge on any atom is 0.322 e. The molecular weight excluding hydrogens is 192 g/mol. The van der Waals surface area contributed by atoms with Crippen LogP contribution in [0.2, 0.25) is 0 Å². The van der Waals surface area contributed by atoms with Crippen LogP contribution in [-0.4, -0.2) is 47.7 Å². The van der Waals surface area contributed by atoms with Gasteiger partial charge < -0.3 is 10.4 Å². The quantitative estimate of drug-likeness (QED) is 0.690. The summed E-state index contributed by atoms with van der Waals surface area (Å²) >= 11 is 0. The van der Waals surface area contributed by atoms with E-state index in [-0.39, 0.29) is 0 Å². The van der Waals surface area contributed by atoms with Crippen LogP contribution < -0.4 is 5.32 Å². The van der Waals surface area contributed by atoms with Crippen molar-refractivity contribution in [1.29, 1.82) is 0 Å². The van der Waals surface area contributed by atoms with E-state index in [1.54, 1.807) is 0 Å². The van der Waals surface area contributed by atoms with E-state index in [0.717, 1.165) is 13.0 Å². The van der Waals surface area contributed by atoms with Crippen LogP contribution in [0.1, 0.15) is 33.1 Å². The molecule has 0 spiro atoms. The summed E-state index contributed by atoms with van der Waals surface area (Å²) in [6, 6.07) is 0.174. The minimum Gasteiger partial charge on any atom is -0.480 e. The summed E-state index contributed by atoms with van der Waals surface area (Å²) in [6.45, 7) is 6.51. The maximum absolute atomic E-state index is 11.0. The number of aliphatic carboxylic acids is 1. The first-order valence-corrected chi connectivity index (χ1v) is 5.89. The summed E-state index contributed by atoms with van der Waals surface area (Å²) < 4.78 is 0. The molecule has 1 heterocycles. The molecule has 1 aliphatic rings. The van der Waals surface area contributed by atoms with Gasteiger partial charge in [0, 0.05) is 12.6 Å². The number of likely N-dealkylation sites (N-methyl/N-ethyl adjacent to an activating group) is 1. The molecule has 0 aromatic rings. The highest BCUT2D eigenvalue weighted by atomic mass is 16.4. The molecule has 0 bridgehead atoms. The van der Waals surface area contributed by atoms with Crippen LogP contribution >= 0.6 is 0 Å². The van der Waals surface area contributed by atoms with E-state index in [1.165, 1.54) is 12.8 Å². The van der Waals surface area contributed by atoms with Crippen LogP contribution in [0.25, 0.3) is 0 Å². The lowest BCUT2D eigenvalue weighted by molar-refractivity contribution is -0.140. The van der Waals surface area contributed by atoms with Gasteiger partial charge in [0.1, 0.15) is 6.04 Å². The fourth-order valence-corrected chi connectivity index (χ4v) is 2.31. The average molecular weight is 214 g/mol. The summed E-state index contributed by atoms with van der Waals surface area (Å²) in [5.41, 5.74) is 0. The zero-order valence-corrected chi connectivity index (χ0v) is 9.70. The largest absolute Gasteiger partial charge is 0.480 e. The Bertz CT molecular complexity index is 209. The van der Waals surface area contributed by atoms with E-state index < -0.39 is 12.0 Å². The minimum atomic E-state index is -0.737. The Morgan fingerprint density at radius 3 is 2.87 bits per heavy atom. The summed E-state index contributed by atoms with van der Waals surface area (Å²) in [6.07, 6.45) is 3.55. The molecular formula is C11H22N2O2. The summed E-state index contributed by atoms with van der Waals surface area (Å²) in [5.74, 6) is -0.737.